The summed E-state index contributed by atoms with van der Waals surface area (Å²) >= 11 is 3.43. The standard InChI is InChI=1S/C17H22BrNO3/c1-4-22-14-9-12(16(20)15(18)10(2)3)7-8-13(14)19-17(21)11-5-6-11/h7-11,15H,4-6H2,1-3H3,(H,19,21). The van der Waals surface area contributed by atoms with E-state index in [1.807, 2.05) is 20.8 Å². The third kappa shape index (κ3) is 4.09. The Morgan fingerprint density at radius 1 is 1.36 bits per heavy atom. The zero-order valence-electron chi connectivity index (χ0n) is 13.2. The van der Waals surface area contributed by atoms with Gasteiger partial charge in [0.25, 0.3) is 0 Å². The van der Waals surface area contributed by atoms with Crippen molar-refractivity contribution in [2.24, 2.45) is 11.8 Å². The van der Waals surface area contributed by atoms with Crippen LogP contribution in [0, 0.1) is 11.8 Å². The van der Waals surface area contributed by atoms with Crippen LogP contribution in [0.3, 0.4) is 0 Å². The zero-order valence-corrected chi connectivity index (χ0v) is 14.8. The van der Waals surface area contributed by atoms with Gasteiger partial charge in [0.05, 0.1) is 17.1 Å². The first-order valence-corrected chi connectivity index (χ1v) is 8.61. The molecule has 1 fully saturated rings. The highest BCUT2D eigenvalue weighted by Gasteiger charge is 2.30. The summed E-state index contributed by atoms with van der Waals surface area (Å²) in [4.78, 5) is 24.1. The van der Waals surface area contributed by atoms with Crippen molar-refractivity contribution in [3.05, 3.63) is 23.8 Å². The molecule has 2 rings (SSSR count). The van der Waals surface area contributed by atoms with Crippen molar-refractivity contribution in [2.75, 3.05) is 11.9 Å². The van der Waals surface area contributed by atoms with Crippen molar-refractivity contribution in [3.8, 4) is 5.75 Å². The molecule has 1 aromatic carbocycles. The van der Waals surface area contributed by atoms with Gasteiger partial charge < -0.3 is 10.1 Å². The van der Waals surface area contributed by atoms with E-state index < -0.39 is 0 Å². The smallest absolute Gasteiger partial charge is 0.227 e. The number of ketones is 1. The van der Waals surface area contributed by atoms with Crippen LogP contribution in [0.2, 0.25) is 0 Å². The number of alkyl halides is 1. The second-order valence-corrected chi connectivity index (χ2v) is 6.90. The minimum absolute atomic E-state index is 0.0241. The van der Waals surface area contributed by atoms with E-state index in [1.54, 1.807) is 18.2 Å². The molecule has 1 atom stereocenters. The molecule has 1 aromatic rings. The fourth-order valence-electron chi connectivity index (χ4n) is 2.10. The van der Waals surface area contributed by atoms with Crippen LogP contribution in [-0.4, -0.2) is 23.1 Å². The van der Waals surface area contributed by atoms with Crippen molar-refractivity contribution >= 4 is 33.3 Å². The Bertz CT molecular complexity index is 567. The molecule has 0 saturated heterocycles. The van der Waals surface area contributed by atoms with Crippen molar-refractivity contribution < 1.29 is 14.3 Å². The molecule has 0 spiro atoms. The summed E-state index contributed by atoms with van der Waals surface area (Å²) in [5, 5.41) is 2.89. The van der Waals surface area contributed by atoms with E-state index in [9.17, 15) is 9.59 Å². The van der Waals surface area contributed by atoms with Gasteiger partial charge in [-0.3, -0.25) is 9.59 Å². The van der Waals surface area contributed by atoms with Crippen LogP contribution in [0.1, 0.15) is 44.0 Å². The van der Waals surface area contributed by atoms with Gasteiger partial charge in [0, 0.05) is 11.5 Å². The number of benzene rings is 1. The van der Waals surface area contributed by atoms with E-state index in [0.717, 1.165) is 12.8 Å². The van der Waals surface area contributed by atoms with Crippen molar-refractivity contribution in [2.45, 2.75) is 38.4 Å². The van der Waals surface area contributed by atoms with Crippen LogP contribution >= 0.6 is 15.9 Å². The van der Waals surface area contributed by atoms with Crippen molar-refractivity contribution in [3.63, 3.8) is 0 Å². The van der Waals surface area contributed by atoms with E-state index >= 15 is 0 Å². The summed E-state index contributed by atoms with van der Waals surface area (Å²) in [6, 6.07) is 5.20. The van der Waals surface area contributed by atoms with Gasteiger partial charge in [0.15, 0.2) is 5.78 Å². The fraction of sp³-hybridized carbons (Fsp3) is 0.529. The first-order chi connectivity index (χ1) is 10.4. The van der Waals surface area contributed by atoms with Crippen LogP contribution in [0.25, 0.3) is 0 Å². The predicted octanol–water partition coefficient (Wildman–Crippen LogP) is 4.04. The quantitative estimate of drug-likeness (QED) is 0.584. The minimum Gasteiger partial charge on any atom is -0.492 e. The lowest BCUT2D eigenvalue weighted by Crippen LogP contribution is -2.20. The second-order valence-electron chi connectivity index (χ2n) is 5.92. The molecule has 5 heteroatoms. The Morgan fingerprint density at radius 3 is 2.59 bits per heavy atom. The van der Waals surface area contributed by atoms with E-state index in [4.69, 9.17) is 4.74 Å². The Morgan fingerprint density at radius 2 is 2.05 bits per heavy atom. The summed E-state index contributed by atoms with van der Waals surface area (Å²) in [5.41, 5.74) is 1.22. The molecule has 1 amide bonds. The SMILES string of the molecule is CCOc1cc(C(=O)C(Br)C(C)C)ccc1NC(=O)C1CC1. The molecule has 0 heterocycles. The molecule has 4 nitrogen and oxygen atoms in total. The zero-order chi connectivity index (χ0) is 16.3. The summed E-state index contributed by atoms with van der Waals surface area (Å²) in [7, 11) is 0. The van der Waals surface area contributed by atoms with Crippen LogP contribution in [0.5, 0.6) is 5.75 Å². The molecule has 1 N–H and O–H groups in total. The number of ether oxygens (including phenoxy) is 1. The number of hydrogen-bond acceptors (Lipinski definition) is 3. The van der Waals surface area contributed by atoms with Gasteiger partial charge in [-0.25, -0.2) is 0 Å². The number of Topliss-reactive ketones (excluding diaryl/α,β-unsaturated/α-hetero) is 1. The Kier molecular flexibility index (Phi) is 5.62. The van der Waals surface area contributed by atoms with Gasteiger partial charge in [0.1, 0.15) is 5.75 Å². The normalized spacial score (nSPS) is 15.5. The summed E-state index contributed by atoms with van der Waals surface area (Å²) in [6.45, 7) is 6.34. The van der Waals surface area contributed by atoms with Crippen molar-refractivity contribution in [1.29, 1.82) is 0 Å². The highest BCUT2D eigenvalue weighted by atomic mass is 79.9. The molecule has 1 unspecified atom stereocenters. The molecule has 1 aliphatic rings. The number of carbonyl (C=O) groups is 2. The van der Waals surface area contributed by atoms with Crippen LogP contribution < -0.4 is 10.1 Å². The Balaban J connectivity index is 2.21. The number of amides is 1. The fourth-order valence-corrected chi connectivity index (χ4v) is 2.36. The Labute approximate surface area is 139 Å². The number of hydrogen-bond donors (Lipinski definition) is 1. The van der Waals surface area contributed by atoms with E-state index in [2.05, 4.69) is 21.2 Å². The molecule has 0 bridgehead atoms. The number of rotatable bonds is 7. The lowest BCUT2D eigenvalue weighted by atomic mass is 10.0. The van der Waals surface area contributed by atoms with E-state index in [0.29, 0.717) is 23.6 Å². The highest BCUT2D eigenvalue weighted by Crippen LogP contribution is 2.33. The molecular weight excluding hydrogens is 346 g/mol. The van der Waals surface area contributed by atoms with Gasteiger partial charge in [-0.2, -0.15) is 0 Å². The highest BCUT2D eigenvalue weighted by molar-refractivity contribution is 9.10. The lowest BCUT2D eigenvalue weighted by Gasteiger charge is -2.16. The average Bonchev–Trinajstić information content (AvgIpc) is 3.32. The molecule has 0 aliphatic heterocycles. The topological polar surface area (TPSA) is 55.4 Å². The third-order valence-electron chi connectivity index (χ3n) is 3.61. The molecular formula is C17H22BrNO3. The number of carbonyl (C=O) groups excluding carboxylic acids is 2. The largest absolute Gasteiger partial charge is 0.492 e. The van der Waals surface area contributed by atoms with Crippen LogP contribution in [0.15, 0.2) is 18.2 Å². The molecule has 22 heavy (non-hydrogen) atoms. The first kappa shape index (κ1) is 17.0. The molecule has 0 radical (unpaired) electrons. The number of nitrogens with one attached hydrogen (secondary N) is 1. The van der Waals surface area contributed by atoms with Gasteiger partial charge in [-0.1, -0.05) is 29.8 Å². The van der Waals surface area contributed by atoms with Crippen LogP contribution in [0.4, 0.5) is 5.69 Å². The monoisotopic (exact) mass is 367 g/mol. The lowest BCUT2D eigenvalue weighted by molar-refractivity contribution is -0.117. The summed E-state index contributed by atoms with van der Waals surface area (Å²) in [6.07, 6.45) is 1.90. The number of anilines is 1. The minimum atomic E-state index is -0.228. The molecule has 0 aromatic heterocycles. The van der Waals surface area contributed by atoms with E-state index in [1.165, 1.54) is 0 Å². The molecule has 1 saturated carbocycles. The van der Waals surface area contributed by atoms with Gasteiger partial charge in [0.2, 0.25) is 5.91 Å². The molecule has 120 valence electrons. The maximum Gasteiger partial charge on any atom is 0.227 e. The van der Waals surface area contributed by atoms with Crippen molar-refractivity contribution in [1.82, 2.24) is 0 Å². The summed E-state index contributed by atoms with van der Waals surface area (Å²) < 4.78 is 5.59. The van der Waals surface area contributed by atoms with Gasteiger partial charge >= 0.3 is 0 Å². The average molecular weight is 368 g/mol. The van der Waals surface area contributed by atoms with Crippen LogP contribution in [-0.2, 0) is 4.79 Å². The van der Waals surface area contributed by atoms with Gasteiger partial charge in [-0.05, 0) is 43.9 Å². The predicted molar refractivity (Wildman–Crippen MR) is 90.8 cm³/mol. The van der Waals surface area contributed by atoms with Gasteiger partial charge in [-0.15, -0.1) is 0 Å². The number of halogens is 1. The molecule has 1 aliphatic carbocycles. The summed E-state index contributed by atoms with van der Waals surface area (Å²) in [5.74, 6) is 0.934. The second kappa shape index (κ2) is 7.27. The third-order valence-corrected chi connectivity index (χ3v) is 5.08. The Hall–Kier alpha value is -1.36. The maximum absolute atomic E-state index is 12.4. The van der Waals surface area contributed by atoms with E-state index in [-0.39, 0.29) is 28.4 Å². The first-order valence-electron chi connectivity index (χ1n) is 7.70. The maximum atomic E-state index is 12.4.